The van der Waals surface area contributed by atoms with Gasteiger partial charge in [-0.25, -0.2) is 0 Å². The van der Waals surface area contributed by atoms with Crippen molar-refractivity contribution in [3.05, 3.63) is 0 Å². The minimum atomic E-state index is 0.231. The van der Waals surface area contributed by atoms with Crippen LogP contribution in [0, 0.1) is 0 Å². The third-order valence-electron chi connectivity index (χ3n) is 3.23. The number of morpholine rings is 1. The van der Waals surface area contributed by atoms with Gasteiger partial charge < -0.3 is 9.84 Å². The third-order valence-corrected chi connectivity index (χ3v) is 3.23. The first-order valence-electron chi connectivity index (χ1n) is 6.36. The number of hydrogen-bond acceptors (Lipinski definition) is 4. The lowest BCUT2D eigenvalue weighted by Gasteiger charge is -2.37. The van der Waals surface area contributed by atoms with Crippen molar-refractivity contribution in [2.75, 3.05) is 45.9 Å². The van der Waals surface area contributed by atoms with Crippen LogP contribution in [0.2, 0.25) is 0 Å². The maximum atomic E-state index is 8.94. The van der Waals surface area contributed by atoms with Crippen molar-refractivity contribution in [1.82, 2.24) is 9.80 Å². The minimum absolute atomic E-state index is 0.231. The fraction of sp³-hybridized carbons (Fsp3) is 1.00. The Morgan fingerprint density at radius 1 is 1.50 bits per heavy atom. The molecule has 1 aliphatic rings. The van der Waals surface area contributed by atoms with Crippen molar-refractivity contribution in [3.63, 3.8) is 0 Å². The Kier molecular flexibility index (Phi) is 6.28. The smallest absolute Gasteiger partial charge is 0.0829 e. The number of ether oxygens (including phenoxy) is 1. The number of aliphatic hydroxyl groups is 1. The lowest BCUT2D eigenvalue weighted by Crippen LogP contribution is -2.50. The predicted octanol–water partition coefficient (Wildman–Crippen LogP) is 0.410. The highest BCUT2D eigenvalue weighted by molar-refractivity contribution is 4.76. The largest absolute Gasteiger partial charge is 0.395 e. The molecule has 0 aromatic rings. The van der Waals surface area contributed by atoms with Gasteiger partial charge in [0.05, 0.1) is 19.3 Å². The van der Waals surface area contributed by atoms with Crippen LogP contribution < -0.4 is 0 Å². The molecule has 1 rings (SSSR count). The van der Waals surface area contributed by atoms with Crippen LogP contribution in [0.3, 0.4) is 0 Å². The summed E-state index contributed by atoms with van der Waals surface area (Å²) in [4.78, 5) is 4.70. The van der Waals surface area contributed by atoms with Crippen molar-refractivity contribution in [2.24, 2.45) is 0 Å². The molecule has 0 bridgehead atoms. The van der Waals surface area contributed by atoms with E-state index in [-0.39, 0.29) is 6.61 Å². The van der Waals surface area contributed by atoms with Gasteiger partial charge in [0.15, 0.2) is 0 Å². The number of hydrogen-bond donors (Lipinski definition) is 1. The summed E-state index contributed by atoms with van der Waals surface area (Å²) in [5.41, 5.74) is 0. The third kappa shape index (κ3) is 4.37. The second kappa shape index (κ2) is 7.22. The predicted molar refractivity (Wildman–Crippen MR) is 65.6 cm³/mol. The van der Waals surface area contributed by atoms with Gasteiger partial charge in [0, 0.05) is 32.2 Å². The number of nitrogens with zero attached hydrogens (tertiary/aromatic N) is 2. The van der Waals surface area contributed by atoms with Crippen molar-refractivity contribution in [1.29, 1.82) is 0 Å². The summed E-state index contributed by atoms with van der Waals surface area (Å²) in [6.45, 7) is 12.4. The molecule has 96 valence electrons. The minimum Gasteiger partial charge on any atom is -0.395 e. The highest BCUT2D eigenvalue weighted by atomic mass is 16.5. The summed E-state index contributed by atoms with van der Waals surface area (Å²) in [7, 11) is 0. The van der Waals surface area contributed by atoms with Crippen molar-refractivity contribution < 1.29 is 9.84 Å². The second-order valence-corrected chi connectivity index (χ2v) is 4.70. The summed E-state index contributed by atoms with van der Waals surface area (Å²) in [6, 6.07) is 0.597. The van der Waals surface area contributed by atoms with E-state index in [0.717, 1.165) is 39.3 Å². The zero-order valence-corrected chi connectivity index (χ0v) is 10.9. The van der Waals surface area contributed by atoms with Crippen LogP contribution in [-0.4, -0.2) is 73.0 Å². The Morgan fingerprint density at radius 3 is 2.81 bits per heavy atom. The maximum Gasteiger partial charge on any atom is 0.0829 e. The molecule has 1 atom stereocenters. The molecule has 0 aromatic carbocycles. The van der Waals surface area contributed by atoms with Crippen LogP contribution in [0.5, 0.6) is 0 Å². The van der Waals surface area contributed by atoms with Crippen LogP contribution >= 0.6 is 0 Å². The van der Waals surface area contributed by atoms with E-state index in [4.69, 9.17) is 9.84 Å². The monoisotopic (exact) mass is 230 g/mol. The van der Waals surface area contributed by atoms with E-state index in [0.29, 0.717) is 12.1 Å². The van der Waals surface area contributed by atoms with Gasteiger partial charge in [-0.05, 0) is 20.4 Å². The molecule has 1 N–H and O–H groups in total. The Hall–Kier alpha value is -0.160. The average Bonchev–Trinajstić information content (AvgIpc) is 2.29. The lowest BCUT2D eigenvalue weighted by molar-refractivity contribution is -0.0526. The van der Waals surface area contributed by atoms with E-state index < -0.39 is 0 Å². The molecule has 1 fully saturated rings. The molecule has 0 radical (unpaired) electrons. The average molecular weight is 230 g/mol. The summed E-state index contributed by atoms with van der Waals surface area (Å²) >= 11 is 0. The molecule has 1 saturated heterocycles. The van der Waals surface area contributed by atoms with Gasteiger partial charge in [-0.1, -0.05) is 6.92 Å². The van der Waals surface area contributed by atoms with Gasteiger partial charge in [0.1, 0.15) is 0 Å². The lowest BCUT2D eigenvalue weighted by atomic mass is 10.2. The molecular weight excluding hydrogens is 204 g/mol. The number of rotatable bonds is 6. The van der Waals surface area contributed by atoms with Gasteiger partial charge in [-0.15, -0.1) is 0 Å². The van der Waals surface area contributed by atoms with Gasteiger partial charge in [0.25, 0.3) is 0 Å². The van der Waals surface area contributed by atoms with Gasteiger partial charge in [-0.2, -0.15) is 0 Å². The van der Waals surface area contributed by atoms with Crippen LogP contribution in [-0.2, 0) is 4.74 Å². The molecule has 4 heteroatoms. The van der Waals surface area contributed by atoms with Crippen LogP contribution in [0.1, 0.15) is 20.8 Å². The molecule has 1 aliphatic heterocycles. The highest BCUT2D eigenvalue weighted by Gasteiger charge is 2.23. The summed E-state index contributed by atoms with van der Waals surface area (Å²) in [6.07, 6.45) is 0.294. The fourth-order valence-corrected chi connectivity index (χ4v) is 2.13. The summed E-state index contributed by atoms with van der Waals surface area (Å²) in [5, 5.41) is 8.94. The van der Waals surface area contributed by atoms with E-state index >= 15 is 0 Å². The van der Waals surface area contributed by atoms with Crippen molar-refractivity contribution in [2.45, 2.75) is 32.9 Å². The van der Waals surface area contributed by atoms with Crippen molar-refractivity contribution in [3.8, 4) is 0 Å². The van der Waals surface area contributed by atoms with E-state index in [1.807, 2.05) is 0 Å². The normalized spacial score (nSPS) is 23.2. The van der Waals surface area contributed by atoms with E-state index in [2.05, 4.69) is 30.6 Å². The maximum absolute atomic E-state index is 8.94. The molecule has 0 spiro atoms. The SMILES string of the molecule is CCN(CCO)CC1CN(C(C)C)CCO1. The molecule has 16 heavy (non-hydrogen) atoms. The molecule has 0 aliphatic carbocycles. The molecule has 1 heterocycles. The van der Waals surface area contributed by atoms with Gasteiger partial charge >= 0.3 is 0 Å². The van der Waals surface area contributed by atoms with E-state index in [9.17, 15) is 0 Å². The Morgan fingerprint density at radius 2 is 2.25 bits per heavy atom. The van der Waals surface area contributed by atoms with Gasteiger partial charge in [0.2, 0.25) is 0 Å². The topological polar surface area (TPSA) is 35.9 Å². The highest BCUT2D eigenvalue weighted by Crippen LogP contribution is 2.09. The Labute approximate surface area is 99.2 Å². The molecule has 0 aromatic heterocycles. The molecule has 1 unspecified atom stereocenters. The quantitative estimate of drug-likeness (QED) is 0.717. The van der Waals surface area contributed by atoms with Crippen LogP contribution in [0.4, 0.5) is 0 Å². The first-order valence-corrected chi connectivity index (χ1v) is 6.36. The first-order chi connectivity index (χ1) is 7.67. The zero-order valence-electron chi connectivity index (χ0n) is 10.9. The van der Waals surface area contributed by atoms with E-state index in [1.165, 1.54) is 0 Å². The zero-order chi connectivity index (χ0) is 12.0. The first kappa shape index (κ1) is 13.9. The molecule has 4 nitrogen and oxygen atoms in total. The Balaban J connectivity index is 2.35. The molecular formula is C12H26N2O2. The van der Waals surface area contributed by atoms with Gasteiger partial charge in [-0.3, -0.25) is 9.80 Å². The standard InChI is InChI=1S/C12H26N2O2/c1-4-13(5-7-15)9-12-10-14(11(2)3)6-8-16-12/h11-12,15H,4-10H2,1-3H3. The summed E-state index contributed by atoms with van der Waals surface area (Å²) < 4.78 is 5.77. The Bertz CT molecular complexity index is 188. The van der Waals surface area contributed by atoms with Crippen LogP contribution in [0.25, 0.3) is 0 Å². The van der Waals surface area contributed by atoms with Crippen LogP contribution in [0.15, 0.2) is 0 Å². The van der Waals surface area contributed by atoms with Crippen molar-refractivity contribution >= 4 is 0 Å². The molecule has 0 saturated carbocycles. The number of aliphatic hydroxyl groups excluding tert-OH is 1. The van der Waals surface area contributed by atoms with E-state index in [1.54, 1.807) is 0 Å². The fourth-order valence-electron chi connectivity index (χ4n) is 2.13. The summed E-state index contributed by atoms with van der Waals surface area (Å²) in [5.74, 6) is 0. The second-order valence-electron chi connectivity index (χ2n) is 4.70. The molecule has 0 amide bonds. The number of likely N-dealkylation sites (N-methyl/N-ethyl adjacent to an activating group) is 1.